The van der Waals surface area contributed by atoms with Crippen LogP contribution in [0.5, 0.6) is 5.75 Å². The van der Waals surface area contributed by atoms with Crippen molar-refractivity contribution in [3.63, 3.8) is 0 Å². The van der Waals surface area contributed by atoms with Crippen LogP contribution in [0.2, 0.25) is 0 Å². The van der Waals surface area contributed by atoms with Gasteiger partial charge in [-0.1, -0.05) is 25.8 Å². The maximum Gasteiger partial charge on any atom is 0.165 e. The molecule has 2 rings (SSSR count). The van der Waals surface area contributed by atoms with E-state index in [4.69, 9.17) is 4.74 Å². The summed E-state index contributed by atoms with van der Waals surface area (Å²) in [6.45, 7) is 2.13. The second-order valence-electron chi connectivity index (χ2n) is 5.55. The van der Waals surface area contributed by atoms with Crippen molar-refractivity contribution in [2.75, 3.05) is 7.11 Å². The summed E-state index contributed by atoms with van der Waals surface area (Å²) in [5, 5.41) is 10.3. The van der Waals surface area contributed by atoms with Crippen LogP contribution in [-0.2, 0) is 6.42 Å². The lowest BCUT2D eigenvalue weighted by atomic mass is 9.80. The molecular formula is C15H21FO2. The molecule has 18 heavy (non-hydrogen) atoms. The molecular weight excluding hydrogens is 231 g/mol. The molecule has 1 aliphatic rings. The van der Waals surface area contributed by atoms with Crippen molar-refractivity contribution in [3.05, 3.63) is 29.6 Å². The number of aliphatic hydroxyl groups is 1. The van der Waals surface area contributed by atoms with E-state index in [1.165, 1.54) is 26.0 Å². The topological polar surface area (TPSA) is 29.5 Å². The number of ether oxygens (including phenoxy) is 1. The number of aliphatic hydroxyl groups excluding tert-OH is 1. The molecule has 0 bridgehead atoms. The molecule has 1 N–H and O–H groups in total. The summed E-state index contributed by atoms with van der Waals surface area (Å²) in [7, 11) is 1.45. The number of hydrogen-bond donors (Lipinski definition) is 1. The van der Waals surface area contributed by atoms with Crippen LogP contribution >= 0.6 is 0 Å². The van der Waals surface area contributed by atoms with Gasteiger partial charge < -0.3 is 9.84 Å². The minimum absolute atomic E-state index is 0.00357. The first-order valence-electron chi connectivity index (χ1n) is 6.56. The lowest BCUT2D eigenvalue weighted by Crippen LogP contribution is -2.31. The van der Waals surface area contributed by atoms with Gasteiger partial charge in [0.05, 0.1) is 13.2 Å². The fourth-order valence-corrected chi connectivity index (χ4v) is 2.82. The summed E-state index contributed by atoms with van der Waals surface area (Å²) in [4.78, 5) is 0. The Labute approximate surface area is 108 Å². The molecule has 1 aromatic rings. The monoisotopic (exact) mass is 252 g/mol. The van der Waals surface area contributed by atoms with E-state index in [0.717, 1.165) is 18.4 Å². The zero-order valence-corrected chi connectivity index (χ0v) is 11.1. The number of hydrogen-bond acceptors (Lipinski definition) is 2. The van der Waals surface area contributed by atoms with Gasteiger partial charge in [-0.2, -0.15) is 0 Å². The summed E-state index contributed by atoms with van der Waals surface area (Å²) in [6, 6.07) is 4.90. The summed E-state index contributed by atoms with van der Waals surface area (Å²) in [5.41, 5.74) is 0.824. The summed E-state index contributed by atoms with van der Waals surface area (Å²) in [5.74, 6) is -0.112. The van der Waals surface area contributed by atoms with E-state index in [-0.39, 0.29) is 17.0 Å². The zero-order valence-electron chi connectivity index (χ0n) is 11.1. The van der Waals surface area contributed by atoms with E-state index in [2.05, 4.69) is 6.92 Å². The Morgan fingerprint density at radius 2 is 2.06 bits per heavy atom. The molecule has 100 valence electrons. The third-order valence-electron chi connectivity index (χ3n) is 4.20. The van der Waals surface area contributed by atoms with Gasteiger partial charge in [-0.3, -0.25) is 0 Å². The third-order valence-corrected chi connectivity index (χ3v) is 4.20. The molecule has 0 radical (unpaired) electrons. The van der Waals surface area contributed by atoms with E-state index < -0.39 is 6.10 Å². The van der Waals surface area contributed by atoms with Crippen LogP contribution in [-0.4, -0.2) is 18.3 Å². The number of rotatable bonds is 4. The maximum absolute atomic E-state index is 13.6. The normalized spacial score (nSPS) is 19.8. The highest BCUT2D eigenvalue weighted by Crippen LogP contribution is 2.41. The van der Waals surface area contributed by atoms with Gasteiger partial charge in [0.15, 0.2) is 11.6 Å². The van der Waals surface area contributed by atoms with Crippen LogP contribution in [0.4, 0.5) is 4.39 Å². The van der Waals surface area contributed by atoms with Crippen molar-refractivity contribution >= 4 is 0 Å². The Bertz CT molecular complexity index is 411. The van der Waals surface area contributed by atoms with E-state index in [9.17, 15) is 9.50 Å². The van der Waals surface area contributed by atoms with Crippen LogP contribution in [0.15, 0.2) is 18.2 Å². The van der Waals surface area contributed by atoms with E-state index in [0.29, 0.717) is 6.42 Å². The highest BCUT2D eigenvalue weighted by Gasteiger charge is 2.35. The first-order valence-corrected chi connectivity index (χ1v) is 6.56. The Balaban J connectivity index is 2.07. The predicted molar refractivity (Wildman–Crippen MR) is 69.2 cm³/mol. The van der Waals surface area contributed by atoms with Crippen molar-refractivity contribution in [1.82, 2.24) is 0 Å². The summed E-state index contributed by atoms with van der Waals surface area (Å²) < 4.78 is 18.5. The molecule has 1 unspecified atom stereocenters. The smallest absolute Gasteiger partial charge is 0.165 e. The predicted octanol–water partition coefficient (Wildman–Crippen LogP) is 3.32. The highest BCUT2D eigenvalue weighted by atomic mass is 19.1. The van der Waals surface area contributed by atoms with Crippen LogP contribution in [0.3, 0.4) is 0 Å². The van der Waals surface area contributed by atoms with Gasteiger partial charge >= 0.3 is 0 Å². The molecule has 1 aliphatic carbocycles. The molecule has 0 amide bonds. The van der Waals surface area contributed by atoms with Crippen molar-refractivity contribution in [3.8, 4) is 5.75 Å². The van der Waals surface area contributed by atoms with Gasteiger partial charge in [0.2, 0.25) is 0 Å². The van der Waals surface area contributed by atoms with Gasteiger partial charge in [0.25, 0.3) is 0 Å². The lowest BCUT2D eigenvalue weighted by Gasteiger charge is -2.30. The van der Waals surface area contributed by atoms with Crippen molar-refractivity contribution in [1.29, 1.82) is 0 Å². The van der Waals surface area contributed by atoms with Crippen molar-refractivity contribution in [2.24, 2.45) is 5.41 Å². The number of benzene rings is 1. The van der Waals surface area contributed by atoms with Gasteiger partial charge in [-0.05, 0) is 42.4 Å². The number of methoxy groups -OCH3 is 1. The molecule has 3 heteroatoms. The first-order chi connectivity index (χ1) is 8.55. The highest BCUT2D eigenvalue weighted by molar-refractivity contribution is 5.29. The lowest BCUT2D eigenvalue weighted by molar-refractivity contribution is 0.0423. The number of halogens is 1. The molecule has 0 aromatic heterocycles. The van der Waals surface area contributed by atoms with E-state index >= 15 is 0 Å². The Morgan fingerprint density at radius 1 is 1.39 bits per heavy atom. The van der Waals surface area contributed by atoms with Crippen LogP contribution in [0.25, 0.3) is 0 Å². The molecule has 0 saturated heterocycles. The molecule has 1 aromatic carbocycles. The third kappa shape index (κ3) is 2.66. The van der Waals surface area contributed by atoms with Gasteiger partial charge in [-0.15, -0.1) is 0 Å². The van der Waals surface area contributed by atoms with Crippen LogP contribution in [0.1, 0.15) is 38.2 Å². The average molecular weight is 252 g/mol. The SMILES string of the molecule is COc1ccc(CC(O)C2(C)CCCC2)cc1F. The standard InChI is InChI=1S/C15H21FO2/c1-15(7-3-4-8-15)14(17)10-11-5-6-13(18-2)12(16)9-11/h5-6,9,14,17H,3-4,7-8,10H2,1-2H3. The Kier molecular flexibility index (Phi) is 3.91. The van der Waals surface area contributed by atoms with Gasteiger partial charge in [-0.25, -0.2) is 4.39 Å². The molecule has 2 nitrogen and oxygen atoms in total. The largest absolute Gasteiger partial charge is 0.494 e. The van der Waals surface area contributed by atoms with Crippen molar-refractivity contribution < 1.29 is 14.2 Å². The maximum atomic E-state index is 13.6. The summed E-state index contributed by atoms with van der Waals surface area (Å²) in [6.07, 6.45) is 4.61. The molecule has 0 aliphatic heterocycles. The zero-order chi connectivity index (χ0) is 13.2. The van der Waals surface area contributed by atoms with Gasteiger partial charge in [0.1, 0.15) is 0 Å². The molecule has 0 heterocycles. The van der Waals surface area contributed by atoms with E-state index in [1.54, 1.807) is 6.07 Å². The van der Waals surface area contributed by atoms with Crippen molar-refractivity contribution in [2.45, 2.75) is 45.1 Å². The summed E-state index contributed by atoms with van der Waals surface area (Å²) >= 11 is 0. The molecule has 1 fully saturated rings. The van der Waals surface area contributed by atoms with Gasteiger partial charge in [0, 0.05) is 0 Å². The molecule has 0 spiro atoms. The quantitative estimate of drug-likeness (QED) is 0.890. The fourth-order valence-electron chi connectivity index (χ4n) is 2.82. The molecule has 1 atom stereocenters. The fraction of sp³-hybridized carbons (Fsp3) is 0.600. The Hall–Kier alpha value is -1.09. The first kappa shape index (κ1) is 13.3. The molecule has 1 saturated carbocycles. The van der Waals surface area contributed by atoms with Crippen LogP contribution < -0.4 is 4.74 Å². The van der Waals surface area contributed by atoms with Crippen LogP contribution in [0, 0.1) is 11.2 Å². The Morgan fingerprint density at radius 3 is 2.61 bits per heavy atom. The second-order valence-corrected chi connectivity index (χ2v) is 5.55. The second kappa shape index (κ2) is 5.27. The average Bonchev–Trinajstić information content (AvgIpc) is 2.78. The van der Waals surface area contributed by atoms with E-state index in [1.807, 2.05) is 6.07 Å². The minimum Gasteiger partial charge on any atom is -0.494 e. The minimum atomic E-state index is -0.396.